The first-order valence-corrected chi connectivity index (χ1v) is 10.9. The molecule has 1 amide bonds. The van der Waals surface area contributed by atoms with Gasteiger partial charge in [0.1, 0.15) is 0 Å². The molecule has 6 nitrogen and oxygen atoms in total. The summed E-state index contributed by atoms with van der Waals surface area (Å²) in [6.45, 7) is 7.44. The minimum atomic E-state index is -0.214. The number of nitrogens with zero attached hydrogens (tertiary/aromatic N) is 1. The van der Waals surface area contributed by atoms with E-state index in [2.05, 4.69) is 15.7 Å². The van der Waals surface area contributed by atoms with E-state index in [0.717, 1.165) is 16.8 Å². The molecule has 0 saturated carbocycles. The maximum absolute atomic E-state index is 12.8. The first kappa shape index (κ1) is 21.6. The average molecular weight is 427 g/mol. The Kier molecular flexibility index (Phi) is 7.68. The quantitative estimate of drug-likeness (QED) is 0.497. The summed E-state index contributed by atoms with van der Waals surface area (Å²) in [7, 11) is 0. The molecule has 1 N–H and O–H groups in total. The Balaban J connectivity index is 1.78. The zero-order valence-electron chi connectivity index (χ0n) is 17.4. The molecule has 0 fully saturated rings. The summed E-state index contributed by atoms with van der Waals surface area (Å²) in [5.74, 6) is 1.30. The SMILES string of the molecule is CCOc1cc(C(=O)NCc2ccnc(-c3ccsc3)c2)cc(OCC)c1OCC. The van der Waals surface area contributed by atoms with Crippen molar-refractivity contribution in [2.24, 2.45) is 0 Å². The average Bonchev–Trinajstić information content (AvgIpc) is 3.30. The maximum atomic E-state index is 12.8. The molecule has 3 rings (SSSR count). The fraction of sp³-hybridized carbons (Fsp3) is 0.304. The van der Waals surface area contributed by atoms with Gasteiger partial charge in [0.15, 0.2) is 11.5 Å². The van der Waals surface area contributed by atoms with Crippen LogP contribution in [0.1, 0.15) is 36.7 Å². The number of amides is 1. The van der Waals surface area contributed by atoms with E-state index in [1.54, 1.807) is 29.7 Å². The van der Waals surface area contributed by atoms with Gasteiger partial charge in [0.05, 0.1) is 25.5 Å². The van der Waals surface area contributed by atoms with Gasteiger partial charge >= 0.3 is 0 Å². The second-order valence-electron chi connectivity index (χ2n) is 6.34. The van der Waals surface area contributed by atoms with Gasteiger partial charge in [0.2, 0.25) is 5.75 Å². The van der Waals surface area contributed by atoms with Crippen LogP contribution >= 0.6 is 11.3 Å². The Morgan fingerprint density at radius 3 is 2.30 bits per heavy atom. The van der Waals surface area contributed by atoms with Crippen LogP contribution in [0, 0.1) is 0 Å². The molecule has 0 atom stereocenters. The predicted molar refractivity (Wildman–Crippen MR) is 119 cm³/mol. The summed E-state index contributed by atoms with van der Waals surface area (Å²) in [5, 5.41) is 7.03. The summed E-state index contributed by atoms with van der Waals surface area (Å²) in [6, 6.07) is 9.29. The third-order valence-corrected chi connectivity index (χ3v) is 4.95. The summed E-state index contributed by atoms with van der Waals surface area (Å²) in [6.07, 6.45) is 1.76. The van der Waals surface area contributed by atoms with Crippen molar-refractivity contribution in [3.63, 3.8) is 0 Å². The molecule has 3 aromatic rings. The highest BCUT2D eigenvalue weighted by molar-refractivity contribution is 7.08. The van der Waals surface area contributed by atoms with Crippen molar-refractivity contribution in [2.75, 3.05) is 19.8 Å². The highest BCUT2D eigenvalue weighted by atomic mass is 32.1. The van der Waals surface area contributed by atoms with Gasteiger partial charge in [-0.1, -0.05) is 0 Å². The highest BCUT2D eigenvalue weighted by Gasteiger charge is 2.18. The molecular weight excluding hydrogens is 400 g/mol. The third-order valence-electron chi connectivity index (χ3n) is 4.27. The maximum Gasteiger partial charge on any atom is 0.251 e. The van der Waals surface area contributed by atoms with Crippen LogP contribution in [0.15, 0.2) is 47.3 Å². The van der Waals surface area contributed by atoms with Gasteiger partial charge in [0, 0.05) is 29.2 Å². The van der Waals surface area contributed by atoms with Gasteiger partial charge < -0.3 is 19.5 Å². The lowest BCUT2D eigenvalue weighted by Crippen LogP contribution is -2.23. The molecule has 0 aliphatic heterocycles. The van der Waals surface area contributed by atoms with E-state index < -0.39 is 0 Å². The molecule has 0 unspecified atom stereocenters. The van der Waals surface area contributed by atoms with E-state index >= 15 is 0 Å². The van der Waals surface area contributed by atoms with Gasteiger partial charge in [-0.25, -0.2) is 0 Å². The molecule has 2 aromatic heterocycles. The van der Waals surface area contributed by atoms with E-state index in [9.17, 15) is 4.79 Å². The Hall–Kier alpha value is -3.06. The first-order valence-electron chi connectivity index (χ1n) is 9.98. The molecule has 0 spiro atoms. The number of carbonyl (C=O) groups excluding carboxylic acids is 1. The molecule has 7 heteroatoms. The molecule has 1 aromatic carbocycles. The first-order chi connectivity index (χ1) is 14.7. The summed E-state index contributed by atoms with van der Waals surface area (Å²) >= 11 is 1.63. The van der Waals surface area contributed by atoms with Gasteiger partial charge in [-0.05, 0) is 62.0 Å². The van der Waals surface area contributed by atoms with E-state index in [0.29, 0.717) is 49.2 Å². The monoisotopic (exact) mass is 426 g/mol. The van der Waals surface area contributed by atoms with Crippen molar-refractivity contribution in [2.45, 2.75) is 27.3 Å². The number of thiophene rings is 1. The number of benzene rings is 1. The van der Waals surface area contributed by atoms with Crippen LogP contribution in [0.5, 0.6) is 17.2 Å². The number of aromatic nitrogens is 1. The number of carbonyl (C=O) groups is 1. The smallest absolute Gasteiger partial charge is 0.251 e. The van der Waals surface area contributed by atoms with E-state index in [-0.39, 0.29) is 5.91 Å². The number of rotatable bonds is 10. The lowest BCUT2D eigenvalue weighted by Gasteiger charge is -2.17. The topological polar surface area (TPSA) is 69.7 Å². The largest absolute Gasteiger partial charge is 0.490 e. The van der Waals surface area contributed by atoms with Crippen molar-refractivity contribution in [3.05, 3.63) is 58.4 Å². The lowest BCUT2D eigenvalue weighted by molar-refractivity contribution is 0.0949. The molecule has 0 saturated heterocycles. The summed E-state index contributed by atoms with van der Waals surface area (Å²) in [4.78, 5) is 17.2. The molecule has 0 bridgehead atoms. The Morgan fingerprint density at radius 1 is 1.00 bits per heavy atom. The number of hydrogen-bond donors (Lipinski definition) is 1. The molecule has 0 aliphatic rings. The van der Waals surface area contributed by atoms with Crippen LogP contribution in [0.2, 0.25) is 0 Å². The van der Waals surface area contributed by atoms with Gasteiger partial charge in [0.25, 0.3) is 5.91 Å². The summed E-state index contributed by atoms with van der Waals surface area (Å²) < 4.78 is 17.1. The van der Waals surface area contributed by atoms with Crippen LogP contribution in [-0.2, 0) is 6.54 Å². The molecule has 0 radical (unpaired) electrons. The molecular formula is C23H26N2O4S. The molecule has 158 valence electrons. The van der Waals surface area contributed by atoms with Crippen LogP contribution in [0.25, 0.3) is 11.3 Å². The van der Waals surface area contributed by atoms with Gasteiger partial charge in [-0.2, -0.15) is 11.3 Å². The highest BCUT2D eigenvalue weighted by Crippen LogP contribution is 2.39. The lowest BCUT2D eigenvalue weighted by atomic mass is 10.1. The van der Waals surface area contributed by atoms with Crippen LogP contribution in [0.4, 0.5) is 0 Å². The standard InChI is InChI=1S/C23H26N2O4S/c1-4-27-20-12-18(13-21(28-5-2)22(20)29-6-3)23(26)25-14-16-7-9-24-19(11-16)17-8-10-30-15-17/h7-13,15H,4-6,14H2,1-3H3,(H,25,26). The minimum Gasteiger partial charge on any atom is -0.490 e. The van der Waals surface area contributed by atoms with E-state index in [1.165, 1.54) is 0 Å². The van der Waals surface area contributed by atoms with Crippen LogP contribution in [-0.4, -0.2) is 30.7 Å². The Labute approximate surface area is 180 Å². The Bertz CT molecular complexity index is 946. The van der Waals surface area contributed by atoms with Crippen LogP contribution < -0.4 is 19.5 Å². The molecule has 2 heterocycles. The Morgan fingerprint density at radius 2 is 1.70 bits per heavy atom. The van der Waals surface area contributed by atoms with Crippen molar-refractivity contribution in [1.82, 2.24) is 10.3 Å². The normalized spacial score (nSPS) is 10.5. The number of pyridine rings is 1. The van der Waals surface area contributed by atoms with E-state index in [1.807, 2.05) is 44.4 Å². The molecule has 30 heavy (non-hydrogen) atoms. The van der Waals surface area contributed by atoms with Crippen LogP contribution in [0.3, 0.4) is 0 Å². The van der Waals surface area contributed by atoms with Crippen molar-refractivity contribution >= 4 is 17.2 Å². The van der Waals surface area contributed by atoms with Crippen molar-refractivity contribution in [3.8, 4) is 28.5 Å². The minimum absolute atomic E-state index is 0.214. The molecule has 0 aliphatic carbocycles. The van der Waals surface area contributed by atoms with Gasteiger partial charge in [-0.3, -0.25) is 9.78 Å². The van der Waals surface area contributed by atoms with Gasteiger partial charge in [-0.15, -0.1) is 0 Å². The fourth-order valence-corrected chi connectivity index (χ4v) is 3.61. The van der Waals surface area contributed by atoms with Crippen molar-refractivity contribution < 1.29 is 19.0 Å². The zero-order valence-corrected chi connectivity index (χ0v) is 18.3. The number of nitrogens with one attached hydrogen (secondary N) is 1. The third kappa shape index (κ3) is 5.30. The second kappa shape index (κ2) is 10.6. The zero-order chi connectivity index (χ0) is 21.3. The number of ether oxygens (including phenoxy) is 3. The van der Waals surface area contributed by atoms with E-state index in [4.69, 9.17) is 14.2 Å². The number of hydrogen-bond acceptors (Lipinski definition) is 6. The second-order valence-corrected chi connectivity index (χ2v) is 7.12. The summed E-state index contributed by atoms with van der Waals surface area (Å²) in [5.41, 5.74) is 3.39. The van der Waals surface area contributed by atoms with Crippen molar-refractivity contribution in [1.29, 1.82) is 0 Å². The predicted octanol–water partition coefficient (Wildman–Crippen LogP) is 4.94. The fourth-order valence-electron chi connectivity index (χ4n) is 2.96.